The highest BCUT2D eigenvalue weighted by atomic mass is 16.5. The van der Waals surface area contributed by atoms with Crippen LogP contribution in [0.5, 0.6) is 5.75 Å². The first kappa shape index (κ1) is 15.8. The normalized spacial score (nSPS) is 22.7. The molecule has 1 aliphatic heterocycles. The summed E-state index contributed by atoms with van der Waals surface area (Å²) in [6.07, 6.45) is 5.44. The van der Waals surface area contributed by atoms with E-state index in [0.29, 0.717) is 19.4 Å². The number of rotatable bonds is 5. The second kappa shape index (κ2) is 6.60. The van der Waals surface area contributed by atoms with Crippen LogP contribution in [-0.4, -0.2) is 31.5 Å². The van der Waals surface area contributed by atoms with Crippen molar-refractivity contribution >= 4 is 11.8 Å². The predicted molar refractivity (Wildman–Crippen MR) is 87.3 cm³/mol. The summed E-state index contributed by atoms with van der Waals surface area (Å²) in [5.41, 5.74) is 1.11. The Morgan fingerprint density at radius 2 is 2.09 bits per heavy atom. The van der Waals surface area contributed by atoms with Crippen molar-refractivity contribution in [2.75, 3.05) is 13.7 Å². The summed E-state index contributed by atoms with van der Waals surface area (Å²) >= 11 is 0. The molecule has 0 aromatic heterocycles. The van der Waals surface area contributed by atoms with Gasteiger partial charge in [-0.05, 0) is 25.3 Å². The first-order chi connectivity index (χ1) is 11.1. The van der Waals surface area contributed by atoms with Gasteiger partial charge in [0.2, 0.25) is 11.8 Å². The summed E-state index contributed by atoms with van der Waals surface area (Å²) in [6.45, 7) is 0.596. The summed E-state index contributed by atoms with van der Waals surface area (Å²) in [5.74, 6) is 0.778. The van der Waals surface area contributed by atoms with Crippen LogP contribution in [0.3, 0.4) is 0 Å². The largest absolute Gasteiger partial charge is 0.496 e. The Bertz CT molecular complexity index is 594. The average Bonchev–Trinajstić information content (AvgIpc) is 3.22. The lowest BCUT2D eigenvalue weighted by Gasteiger charge is -2.31. The summed E-state index contributed by atoms with van der Waals surface area (Å²) in [7, 11) is 1.69. The molecule has 1 saturated carbocycles. The molecule has 5 nitrogen and oxygen atoms in total. The molecule has 5 heteroatoms. The van der Waals surface area contributed by atoms with E-state index in [0.717, 1.165) is 31.4 Å². The molecular formula is C18H24N2O3. The minimum absolute atomic E-state index is 0.0366. The van der Waals surface area contributed by atoms with Gasteiger partial charge in [-0.15, -0.1) is 0 Å². The van der Waals surface area contributed by atoms with Crippen LogP contribution in [0.2, 0.25) is 0 Å². The molecular weight excluding hydrogens is 292 g/mol. The Hall–Kier alpha value is -2.04. The molecule has 0 spiro atoms. The van der Waals surface area contributed by atoms with E-state index in [1.54, 1.807) is 7.11 Å². The van der Waals surface area contributed by atoms with E-state index in [4.69, 9.17) is 4.74 Å². The van der Waals surface area contributed by atoms with Gasteiger partial charge < -0.3 is 15.4 Å². The van der Waals surface area contributed by atoms with Crippen molar-refractivity contribution in [3.8, 4) is 5.75 Å². The van der Waals surface area contributed by atoms with E-state index in [1.807, 2.05) is 18.2 Å². The average molecular weight is 316 g/mol. The van der Waals surface area contributed by atoms with Crippen molar-refractivity contribution in [2.24, 2.45) is 0 Å². The molecule has 2 fully saturated rings. The number of carbonyl (C=O) groups is 2. The van der Waals surface area contributed by atoms with Crippen LogP contribution in [0, 0.1) is 0 Å². The van der Waals surface area contributed by atoms with Crippen LogP contribution in [0.4, 0.5) is 0 Å². The molecule has 0 bridgehead atoms. The van der Waals surface area contributed by atoms with E-state index in [1.165, 1.54) is 5.56 Å². The molecule has 2 amide bonds. The fourth-order valence-electron chi connectivity index (χ4n) is 3.87. The third-order valence-corrected chi connectivity index (χ3v) is 5.15. The summed E-state index contributed by atoms with van der Waals surface area (Å²) < 4.78 is 5.53. The van der Waals surface area contributed by atoms with Gasteiger partial charge in [-0.1, -0.05) is 31.0 Å². The number of hydrogen-bond acceptors (Lipinski definition) is 3. The van der Waals surface area contributed by atoms with Crippen molar-refractivity contribution < 1.29 is 14.3 Å². The van der Waals surface area contributed by atoms with Gasteiger partial charge in [0.1, 0.15) is 11.8 Å². The Labute approximate surface area is 136 Å². The highest BCUT2D eigenvalue weighted by molar-refractivity contribution is 5.90. The molecule has 1 unspecified atom stereocenters. The SMILES string of the molecule is COc1ccccc1C1(CNC(=O)C2CCC(=O)N2)CCCC1. The lowest BCUT2D eigenvalue weighted by Crippen LogP contribution is -2.46. The van der Waals surface area contributed by atoms with Gasteiger partial charge >= 0.3 is 0 Å². The lowest BCUT2D eigenvalue weighted by atomic mass is 9.78. The standard InChI is InChI=1S/C18H24N2O3/c1-23-15-7-3-2-6-13(15)18(10-4-5-11-18)12-19-17(22)14-8-9-16(21)20-14/h2-3,6-7,14H,4-5,8-12H2,1H3,(H,19,22)(H,20,21). The molecule has 2 aliphatic rings. The van der Waals surface area contributed by atoms with Gasteiger partial charge in [-0.2, -0.15) is 0 Å². The zero-order valence-electron chi connectivity index (χ0n) is 13.6. The molecule has 23 heavy (non-hydrogen) atoms. The first-order valence-corrected chi connectivity index (χ1v) is 8.35. The zero-order chi connectivity index (χ0) is 16.3. The molecule has 1 aromatic rings. The second-order valence-corrected chi connectivity index (χ2v) is 6.56. The predicted octanol–water partition coefficient (Wildman–Crippen LogP) is 1.90. The zero-order valence-corrected chi connectivity index (χ0v) is 13.6. The summed E-state index contributed by atoms with van der Waals surface area (Å²) in [4.78, 5) is 23.6. The van der Waals surface area contributed by atoms with E-state index in [9.17, 15) is 9.59 Å². The van der Waals surface area contributed by atoms with Gasteiger partial charge in [0.05, 0.1) is 7.11 Å². The van der Waals surface area contributed by atoms with Crippen LogP contribution < -0.4 is 15.4 Å². The topological polar surface area (TPSA) is 67.4 Å². The summed E-state index contributed by atoms with van der Waals surface area (Å²) in [6, 6.07) is 7.70. The van der Waals surface area contributed by atoms with Gasteiger partial charge in [-0.3, -0.25) is 9.59 Å². The van der Waals surface area contributed by atoms with E-state index >= 15 is 0 Å². The number of hydrogen-bond donors (Lipinski definition) is 2. The van der Waals surface area contributed by atoms with Crippen LogP contribution in [0.1, 0.15) is 44.1 Å². The molecule has 0 radical (unpaired) electrons. The minimum atomic E-state index is -0.376. The molecule has 1 saturated heterocycles. The third-order valence-electron chi connectivity index (χ3n) is 5.15. The van der Waals surface area contributed by atoms with Crippen LogP contribution >= 0.6 is 0 Å². The fourth-order valence-corrected chi connectivity index (χ4v) is 3.87. The molecule has 1 atom stereocenters. The molecule has 3 rings (SSSR count). The monoisotopic (exact) mass is 316 g/mol. The highest BCUT2D eigenvalue weighted by Gasteiger charge is 2.38. The molecule has 124 valence electrons. The van der Waals surface area contributed by atoms with Gasteiger partial charge in [-0.25, -0.2) is 0 Å². The van der Waals surface area contributed by atoms with E-state index in [2.05, 4.69) is 16.7 Å². The van der Waals surface area contributed by atoms with Crippen LogP contribution in [0.25, 0.3) is 0 Å². The maximum atomic E-state index is 12.3. The molecule has 1 heterocycles. The fraction of sp³-hybridized carbons (Fsp3) is 0.556. The van der Waals surface area contributed by atoms with Gasteiger partial charge in [0.15, 0.2) is 0 Å². The Balaban J connectivity index is 1.74. The Morgan fingerprint density at radius 3 is 2.74 bits per heavy atom. The lowest BCUT2D eigenvalue weighted by molar-refractivity contribution is -0.125. The number of benzene rings is 1. The quantitative estimate of drug-likeness (QED) is 0.872. The van der Waals surface area contributed by atoms with Gasteiger partial charge in [0, 0.05) is 23.9 Å². The van der Waals surface area contributed by atoms with Crippen molar-refractivity contribution in [2.45, 2.75) is 50.0 Å². The van der Waals surface area contributed by atoms with Crippen LogP contribution in [-0.2, 0) is 15.0 Å². The van der Waals surface area contributed by atoms with Crippen molar-refractivity contribution in [1.29, 1.82) is 0 Å². The van der Waals surface area contributed by atoms with E-state index in [-0.39, 0.29) is 23.3 Å². The number of nitrogens with one attached hydrogen (secondary N) is 2. The highest BCUT2D eigenvalue weighted by Crippen LogP contribution is 2.44. The Kier molecular flexibility index (Phi) is 4.55. The van der Waals surface area contributed by atoms with E-state index < -0.39 is 0 Å². The number of methoxy groups -OCH3 is 1. The van der Waals surface area contributed by atoms with Crippen LogP contribution in [0.15, 0.2) is 24.3 Å². The number of amides is 2. The molecule has 1 aromatic carbocycles. The van der Waals surface area contributed by atoms with Crippen molar-refractivity contribution in [1.82, 2.24) is 10.6 Å². The minimum Gasteiger partial charge on any atom is -0.496 e. The van der Waals surface area contributed by atoms with Gasteiger partial charge in [0.25, 0.3) is 0 Å². The maximum absolute atomic E-state index is 12.3. The number of para-hydroxylation sites is 1. The smallest absolute Gasteiger partial charge is 0.242 e. The third kappa shape index (κ3) is 3.19. The van der Waals surface area contributed by atoms with Crippen molar-refractivity contribution in [3.63, 3.8) is 0 Å². The second-order valence-electron chi connectivity index (χ2n) is 6.56. The summed E-state index contributed by atoms with van der Waals surface area (Å²) in [5, 5.41) is 5.80. The maximum Gasteiger partial charge on any atom is 0.242 e. The first-order valence-electron chi connectivity index (χ1n) is 8.35. The molecule has 2 N–H and O–H groups in total. The number of carbonyl (C=O) groups excluding carboxylic acids is 2. The Morgan fingerprint density at radius 1 is 1.35 bits per heavy atom. The number of ether oxygens (including phenoxy) is 1. The molecule has 1 aliphatic carbocycles. The van der Waals surface area contributed by atoms with Crippen molar-refractivity contribution in [3.05, 3.63) is 29.8 Å².